The van der Waals surface area contributed by atoms with Crippen LogP contribution in [0.25, 0.3) is 5.76 Å². The van der Waals surface area contributed by atoms with Gasteiger partial charge >= 0.3 is 0 Å². The predicted molar refractivity (Wildman–Crippen MR) is 63.4 cm³/mol. The van der Waals surface area contributed by atoms with Crippen LogP contribution in [-0.2, 0) is 9.53 Å². The summed E-state index contributed by atoms with van der Waals surface area (Å²) in [7, 11) is 0. The largest absolute Gasteiger partial charge is 0.508 e. The quantitative estimate of drug-likeness (QED) is 0.640. The second-order valence-corrected chi connectivity index (χ2v) is 4.62. The first-order valence-electron chi connectivity index (χ1n) is 5.89. The summed E-state index contributed by atoms with van der Waals surface area (Å²) in [6.45, 7) is 0. The Balaban J connectivity index is 1.65. The van der Waals surface area contributed by atoms with E-state index in [4.69, 9.17) is 4.74 Å². The maximum absolute atomic E-state index is 11.7. The van der Waals surface area contributed by atoms with E-state index in [2.05, 4.69) is 0 Å². The summed E-state index contributed by atoms with van der Waals surface area (Å²) in [4.78, 5) is 11.7. The predicted octanol–water partition coefficient (Wildman–Crippen LogP) is 2.33. The van der Waals surface area contributed by atoms with E-state index in [1.54, 1.807) is 6.08 Å². The molecule has 1 saturated heterocycles. The second kappa shape index (κ2) is 4.00. The Kier molecular flexibility index (Phi) is 2.48. The van der Waals surface area contributed by atoms with Gasteiger partial charge in [0.05, 0.1) is 6.10 Å². The van der Waals surface area contributed by atoms with Crippen LogP contribution in [0, 0.1) is 5.92 Å². The Morgan fingerprint density at radius 1 is 1.41 bits per heavy atom. The first-order chi connectivity index (χ1) is 8.25. The summed E-state index contributed by atoms with van der Waals surface area (Å²) in [5.74, 6) is 0.483. The SMILES string of the molecule is O=C1C(CC=C(O)c2ccccc2)CC2OC12. The maximum Gasteiger partial charge on any atom is 0.167 e. The van der Waals surface area contributed by atoms with Crippen molar-refractivity contribution >= 4 is 11.5 Å². The number of ketones is 1. The monoisotopic (exact) mass is 230 g/mol. The van der Waals surface area contributed by atoms with E-state index in [0.29, 0.717) is 6.42 Å². The highest BCUT2D eigenvalue weighted by molar-refractivity contribution is 5.91. The normalized spacial score (nSPS) is 31.4. The van der Waals surface area contributed by atoms with Gasteiger partial charge < -0.3 is 9.84 Å². The third kappa shape index (κ3) is 1.98. The van der Waals surface area contributed by atoms with Crippen LogP contribution in [0.4, 0.5) is 0 Å². The number of aliphatic hydroxyl groups excluding tert-OH is 1. The fraction of sp³-hybridized carbons (Fsp3) is 0.357. The number of epoxide rings is 1. The molecule has 0 bridgehead atoms. The van der Waals surface area contributed by atoms with Crippen LogP contribution in [0.3, 0.4) is 0 Å². The highest BCUT2D eigenvalue weighted by Gasteiger charge is 2.54. The van der Waals surface area contributed by atoms with Crippen LogP contribution in [0.5, 0.6) is 0 Å². The van der Waals surface area contributed by atoms with Gasteiger partial charge in [-0.05, 0) is 18.9 Å². The first-order valence-corrected chi connectivity index (χ1v) is 5.89. The lowest BCUT2D eigenvalue weighted by Crippen LogP contribution is -2.13. The summed E-state index contributed by atoms with van der Waals surface area (Å²) >= 11 is 0. The third-order valence-electron chi connectivity index (χ3n) is 3.45. The van der Waals surface area contributed by atoms with Crippen molar-refractivity contribution in [3.8, 4) is 0 Å². The lowest BCUT2D eigenvalue weighted by Gasteiger charge is -2.07. The number of allylic oxidation sites excluding steroid dienone is 1. The van der Waals surface area contributed by atoms with Crippen molar-refractivity contribution in [2.45, 2.75) is 25.0 Å². The van der Waals surface area contributed by atoms with Gasteiger partial charge in [0.1, 0.15) is 11.9 Å². The van der Waals surface area contributed by atoms with Gasteiger partial charge in [0, 0.05) is 11.5 Å². The number of fused-ring (bicyclic) bond motifs is 1. The molecule has 3 heteroatoms. The standard InChI is InChI=1S/C14H14O3/c15-11(9-4-2-1-3-5-9)7-6-10-8-12-14(17-12)13(10)16/h1-5,7,10,12,14-15H,6,8H2. The molecule has 3 unspecified atom stereocenters. The van der Waals surface area contributed by atoms with Gasteiger partial charge in [-0.25, -0.2) is 0 Å². The van der Waals surface area contributed by atoms with E-state index in [-0.39, 0.29) is 29.7 Å². The lowest BCUT2D eigenvalue weighted by atomic mass is 10.0. The summed E-state index contributed by atoms with van der Waals surface area (Å²) in [5.41, 5.74) is 0.791. The molecule has 1 aliphatic carbocycles. The average Bonchev–Trinajstić information content (AvgIpc) is 3.07. The molecule has 88 valence electrons. The van der Waals surface area contributed by atoms with E-state index in [0.717, 1.165) is 12.0 Å². The van der Waals surface area contributed by atoms with Gasteiger partial charge in [-0.3, -0.25) is 4.79 Å². The van der Waals surface area contributed by atoms with Crippen LogP contribution in [0.2, 0.25) is 0 Å². The molecule has 1 aliphatic heterocycles. The molecule has 1 aromatic carbocycles. The van der Waals surface area contributed by atoms with Crippen LogP contribution >= 0.6 is 0 Å². The van der Waals surface area contributed by atoms with Crippen molar-refractivity contribution in [1.82, 2.24) is 0 Å². The molecule has 0 amide bonds. The smallest absolute Gasteiger partial charge is 0.167 e. The molecule has 1 heterocycles. The lowest BCUT2D eigenvalue weighted by molar-refractivity contribution is -0.123. The summed E-state index contributed by atoms with van der Waals surface area (Å²) in [5, 5.41) is 9.86. The number of carbonyl (C=O) groups excluding carboxylic acids is 1. The number of carbonyl (C=O) groups is 1. The van der Waals surface area contributed by atoms with Crippen molar-refractivity contribution in [2.75, 3.05) is 0 Å². The van der Waals surface area contributed by atoms with Gasteiger partial charge in [-0.15, -0.1) is 0 Å². The average molecular weight is 230 g/mol. The maximum atomic E-state index is 11.7. The first kappa shape index (κ1) is 10.5. The van der Waals surface area contributed by atoms with E-state index < -0.39 is 0 Å². The zero-order chi connectivity index (χ0) is 11.8. The number of hydrogen-bond acceptors (Lipinski definition) is 3. The molecule has 1 N–H and O–H groups in total. The van der Waals surface area contributed by atoms with Crippen LogP contribution in [-0.4, -0.2) is 23.1 Å². The molecule has 0 spiro atoms. The van der Waals surface area contributed by atoms with E-state index in [1.807, 2.05) is 30.3 Å². The summed E-state index contributed by atoms with van der Waals surface area (Å²) in [6.07, 6.45) is 3.19. The topological polar surface area (TPSA) is 49.8 Å². The molecule has 0 aromatic heterocycles. The fourth-order valence-corrected chi connectivity index (χ4v) is 2.39. The zero-order valence-electron chi connectivity index (χ0n) is 9.37. The van der Waals surface area contributed by atoms with E-state index in [1.165, 1.54) is 0 Å². The Hall–Kier alpha value is -1.61. The Morgan fingerprint density at radius 3 is 2.82 bits per heavy atom. The number of benzene rings is 1. The molecule has 1 aromatic rings. The fourth-order valence-electron chi connectivity index (χ4n) is 2.39. The van der Waals surface area contributed by atoms with Crippen molar-refractivity contribution < 1.29 is 14.6 Å². The minimum absolute atomic E-state index is 0.0320. The van der Waals surface area contributed by atoms with Gasteiger partial charge in [-0.2, -0.15) is 0 Å². The molecule has 2 aliphatic rings. The van der Waals surface area contributed by atoms with Crippen molar-refractivity contribution in [2.24, 2.45) is 5.92 Å². The Labute approximate surface area is 99.7 Å². The molecule has 17 heavy (non-hydrogen) atoms. The Morgan fingerprint density at radius 2 is 2.18 bits per heavy atom. The zero-order valence-corrected chi connectivity index (χ0v) is 9.37. The van der Waals surface area contributed by atoms with Crippen molar-refractivity contribution in [3.05, 3.63) is 42.0 Å². The minimum atomic E-state index is -0.132. The van der Waals surface area contributed by atoms with Crippen LogP contribution in [0.1, 0.15) is 18.4 Å². The van der Waals surface area contributed by atoms with Crippen LogP contribution < -0.4 is 0 Å². The van der Waals surface area contributed by atoms with Gasteiger partial charge in [0.25, 0.3) is 0 Å². The molecule has 2 fully saturated rings. The summed E-state index contributed by atoms with van der Waals surface area (Å²) < 4.78 is 5.15. The van der Waals surface area contributed by atoms with Gasteiger partial charge in [-0.1, -0.05) is 30.3 Å². The van der Waals surface area contributed by atoms with E-state index >= 15 is 0 Å². The number of Topliss-reactive ketones (excluding diaryl/α,β-unsaturated/α-hetero) is 1. The summed E-state index contributed by atoms with van der Waals surface area (Å²) in [6, 6.07) is 9.36. The molecule has 1 saturated carbocycles. The number of aliphatic hydroxyl groups is 1. The van der Waals surface area contributed by atoms with E-state index in [9.17, 15) is 9.90 Å². The Bertz CT molecular complexity index is 464. The molecular formula is C14H14O3. The van der Waals surface area contributed by atoms with Crippen molar-refractivity contribution in [1.29, 1.82) is 0 Å². The number of rotatable bonds is 3. The molecule has 3 nitrogen and oxygen atoms in total. The van der Waals surface area contributed by atoms with Gasteiger partial charge in [0.2, 0.25) is 0 Å². The van der Waals surface area contributed by atoms with Gasteiger partial charge in [0.15, 0.2) is 5.78 Å². The highest BCUT2D eigenvalue weighted by atomic mass is 16.6. The highest BCUT2D eigenvalue weighted by Crippen LogP contribution is 2.41. The molecule has 3 atom stereocenters. The van der Waals surface area contributed by atoms with Crippen molar-refractivity contribution in [3.63, 3.8) is 0 Å². The van der Waals surface area contributed by atoms with Crippen LogP contribution in [0.15, 0.2) is 36.4 Å². The second-order valence-electron chi connectivity index (χ2n) is 4.62. The third-order valence-corrected chi connectivity index (χ3v) is 3.45. The molecule has 3 rings (SSSR count). The molecule has 0 radical (unpaired) electrons. The molecular weight excluding hydrogens is 216 g/mol. The minimum Gasteiger partial charge on any atom is -0.508 e. The number of ether oxygens (including phenoxy) is 1. The number of hydrogen-bond donors (Lipinski definition) is 1.